The fourth-order valence-corrected chi connectivity index (χ4v) is 5.90. The molecule has 4 aromatic rings. The molecule has 2 aliphatic rings. The Hall–Kier alpha value is -3.81. The van der Waals surface area contributed by atoms with Crippen molar-refractivity contribution in [2.75, 3.05) is 39.3 Å². The lowest BCUT2D eigenvalue weighted by Crippen LogP contribution is -2.52. The maximum absolute atomic E-state index is 13.4. The van der Waals surface area contributed by atoms with E-state index < -0.39 is 0 Å². The molecule has 0 unspecified atom stereocenters. The van der Waals surface area contributed by atoms with Crippen molar-refractivity contribution in [3.8, 4) is 11.4 Å². The molecule has 0 aliphatic carbocycles. The van der Waals surface area contributed by atoms with Gasteiger partial charge in [-0.2, -0.15) is 4.98 Å². The predicted octanol–water partition coefficient (Wildman–Crippen LogP) is 4.88. The Morgan fingerprint density at radius 1 is 0.769 bits per heavy atom. The molecule has 3 heterocycles. The minimum atomic E-state index is 0.0920. The van der Waals surface area contributed by atoms with Gasteiger partial charge in [0.2, 0.25) is 17.6 Å². The molecular weight excluding hydrogens is 486 g/mol. The van der Waals surface area contributed by atoms with Gasteiger partial charge in [0.15, 0.2) is 0 Å². The number of piperidine rings is 1. The van der Waals surface area contributed by atoms with Crippen LogP contribution in [0.4, 0.5) is 0 Å². The third kappa shape index (κ3) is 5.95. The second kappa shape index (κ2) is 11.9. The smallest absolute Gasteiger partial charge is 0.241 e. The highest BCUT2D eigenvalue weighted by Crippen LogP contribution is 2.30. The minimum Gasteiger partial charge on any atom is -0.340 e. The molecule has 3 aromatic carbocycles. The largest absolute Gasteiger partial charge is 0.340 e. The van der Waals surface area contributed by atoms with Crippen molar-refractivity contribution in [3.63, 3.8) is 0 Å². The van der Waals surface area contributed by atoms with Crippen LogP contribution in [0.2, 0.25) is 0 Å². The minimum absolute atomic E-state index is 0.0920. The van der Waals surface area contributed by atoms with Crippen LogP contribution in [-0.2, 0) is 11.3 Å². The summed E-state index contributed by atoms with van der Waals surface area (Å²) in [5.41, 5.74) is 3.55. The number of piperazine rings is 1. The Bertz CT molecular complexity index is 1290. The van der Waals surface area contributed by atoms with E-state index in [0.29, 0.717) is 24.2 Å². The first-order valence-electron chi connectivity index (χ1n) is 14.0. The van der Waals surface area contributed by atoms with Crippen LogP contribution < -0.4 is 0 Å². The molecule has 2 fully saturated rings. The highest BCUT2D eigenvalue weighted by molar-refractivity contribution is 5.79. The van der Waals surface area contributed by atoms with Crippen molar-refractivity contribution >= 4 is 5.91 Å². The van der Waals surface area contributed by atoms with Gasteiger partial charge < -0.3 is 9.42 Å². The Balaban J connectivity index is 1.01. The number of rotatable bonds is 7. The molecule has 6 rings (SSSR count). The van der Waals surface area contributed by atoms with Crippen LogP contribution in [-0.4, -0.2) is 70.0 Å². The van der Waals surface area contributed by atoms with E-state index >= 15 is 0 Å². The van der Waals surface area contributed by atoms with Gasteiger partial charge in [0.25, 0.3) is 0 Å². The molecular formula is C32H35N5O2. The van der Waals surface area contributed by atoms with Gasteiger partial charge in [-0.1, -0.05) is 96.2 Å². The first-order chi connectivity index (χ1) is 19.2. The van der Waals surface area contributed by atoms with Gasteiger partial charge in [-0.25, -0.2) is 0 Å². The molecule has 0 N–H and O–H groups in total. The Morgan fingerprint density at radius 3 is 1.92 bits per heavy atom. The quantitative estimate of drug-likeness (QED) is 0.345. The Kier molecular flexibility index (Phi) is 7.79. The molecule has 1 amide bonds. The zero-order chi connectivity index (χ0) is 26.4. The van der Waals surface area contributed by atoms with Crippen molar-refractivity contribution in [3.05, 3.63) is 108 Å². The van der Waals surface area contributed by atoms with Crippen LogP contribution in [0.15, 0.2) is 95.5 Å². The van der Waals surface area contributed by atoms with Gasteiger partial charge in [0, 0.05) is 37.7 Å². The zero-order valence-electron chi connectivity index (χ0n) is 22.2. The summed E-state index contributed by atoms with van der Waals surface area (Å²) in [6, 6.07) is 31.5. The average Bonchev–Trinajstić information content (AvgIpc) is 3.48. The van der Waals surface area contributed by atoms with Crippen LogP contribution in [0, 0.1) is 5.92 Å². The number of nitrogens with zero attached hydrogens (tertiary/aromatic N) is 5. The van der Waals surface area contributed by atoms with Crippen molar-refractivity contribution in [1.29, 1.82) is 0 Å². The summed E-state index contributed by atoms with van der Waals surface area (Å²) < 4.78 is 5.50. The molecule has 0 spiro atoms. The van der Waals surface area contributed by atoms with E-state index in [-0.39, 0.29) is 12.0 Å². The number of hydrogen-bond donors (Lipinski definition) is 0. The van der Waals surface area contributed by atoms with E-state index in [4.69, 9.17) is 4.52 Å². The number of aromatic nitrogens is 2. The fourth-order valence-electron chi connectivity index (χ4n) is 5.90. The highest BCUT2D eigenvalue weighted by Gasteiger charge is 2.33. The molecule has 0 radical (unpaired) electrons. The molecule has 2 aliphatic heterocycles. The van der Waals surface area contributed by atoms with Crippen molar-refractivity contribution < 1.29 is 9.32 Å². The van der Waals surface area contributed by atoms with Crippen molar-refractivity contribution in [1.82, 2.24) is 24.8 Å². The standard InChI is InChI=1S/C32H35N5O2/c38-32(28-16-18-35(19-17-28)24-29-33-31(34-39-29)27-14-8-3-9-15-27)37-22-20-36(21-23-37)30(25-10-4-1-5-11-25)26-12-6-2-7-13-26/h1-15,28,30H,16-24H2. The molecule has 200 valence electrons. The Morgan fingerprint density at radius 2 is 1.33 bits per heavy atom. The van der Waals surface area contributed by atoms with E-state index in [1.165, 1.54) is 11.1 Å². The van der Waals surface area contributed by atoms with Gasteiger partial charge in [-0.15, -0.1) is 0 Å². The molecule has 2 saturated heterocycles. The van der Waals surface area contributed by atoms with Crippen molar-refractivity contribution in [2.24, 2.45) is 5.92 Å². The molecule has 0 atom stereocenters. The summed E-state index contributed by atoms with van der Waals surface area (Å²) in [7, 11) is 0. The second-order valence-corrected chi connectivity index (χ2v) is 10.5. The predicted molar refractivity (Wildman–Crippen MR) is 151 cm³/mol. The third-order valence-electron chi connectivity index (χ3n) is 8.02. The number of carbonyl (C=O) groups excluding carboxylic acids is 1. The Labute approximate surface area is 230 Å². The molecule has 0 bridgehead atoms. The molecule has 39 heavy (non-hydrogen) atoms. The summed E-state index contributed by atoms with van der Waals surface area (Å²) in [6.07, 6.45) is 1.74. The van der Waals surface area contributed by atoms with Crippen molar-refractivity contribution in [2.45, 2.75) is 25.4 Å². The highest BCUT2D eigenvalue weighted by atomic mass is 16.5. The van der Waals surface area contributed by atoms with Gasteiger partial charge in [-0.05, 0) is 37.1 Å². The first kappa shape index (κ1) is 25.5. The van der Waals surface area contributed by atoms with Gasteiger partial charge in [0.1, 0.15) is 0 Å². The lowest BCUT2D eigenvalue weighted by Gasteiger charge is -2.41. The summed E-state index contributed by atoms with van der Waals surface area (Å²) in [6.45, 7) is 5.66. The first-order valence-corrected chi connectivity index (χ1v) is 14.0. The molecule has 1 aromatic heterocycles. The summed E-state index contributed by atoms with van der Waals surface area (Å²) in [4.78, 5) is 24.9. The third-order valence-corrected chi connectivity index (χ3v) is 8.02. The van der Waals surface area contributed by atoms with Gasteiger partial charge in [-0.3, -0.25) is 14.6 Å². The summed E-state index contributed by atoms with van der Waals surface area (Å²) in [5.74, 6) is 1.65. The molecule has 7 heteroatoms. The fraction of sp³-hybridized carbons (Fsp3) is 0.344. The van der Waals surface area contributed by atoms with Crippen LogP contribution in [0.5, 0.6) is 0 Å². The topological polar surface area (TPSA) is 65.7 Å². The van der Waals surface area contributed by atoms with Crippen LogP contribution in [0.25, 0.3) is 11.4 Å². The van der Waals surface area contributed by atoms with Crippen LogP contribution in [0.3, 0.4) is 0 Å². The molecule has 7 nitrogen and oxygen atoms in total. The van der Waals surface area contributed by atoms with E-state index in [1.54, 1.807) is 0 Å². The van der Waals surface area contributed by atoms with Gasteiger partial charge >= 0.3 is 0 Å². The maximum atomic E-state index is 13.4. The number of benzene rings is 3. The summed E-state index contributed by atoms with van der Waals surface area (Å²) >= 11 is 0. The number of amides is 1. The van der Waals surface area contributed by atoms with E-state index in [2.05, 4.69) is 85.5 Å². The number of likely N-dealkylation sites (tertiary alicyclic amines) is 1. The number of hydrogen-bond acceptors (Lipinski definition) is 6. The van der Waals surface area contributed by atoms with Crippen LogP contribution in [0.1, 0.15) is 35.9 Å². The lowest BCUT2D eigenvalue weighted by atomic mass is 9.94. The second-order valence-electron chi connectivity index (χ2n) is 10.5. The van der Waals surface area contributed by atoms with E-state index in [1.807, 2.05) is 30.3 Å². The SMILES string of the molecule is O=C(C1CCN(Cc2nc(-c3ccccc3)no2)CC1)N1CCN(C(c2ccccc2)c2ccccc2)CC1. The number of carbonyl (C=O) groups is 1. The monoisotopic (exact) mass is 521 g/mol. The average molecular weight is 522 g/mol. The zero-order valence-corrected chi connectivity index (χ0v) is 22.2. The van der Waals surface area contributed by atoms with Gasteiger partial charge in [0.05, 0.1) is 12.6 Å². The summed E-state index contributed by atoms with van der Waals surface area (Å²) in [5, 5.41) is 4.14. The van der Waals surface area contributed by atoms with E-state index in [9.17, 15) is 4.79 Å². The molecule has 0 saturated carbocycles. The lowest BCUT2D eigenvalue weighted by molar-refractivity contribution is -0.139. The van der Waals surface area contributed by atoms with Crippen LogP contribution >= 0.6 is 0 Å². The normalized spacial score (nSPS) is 17.5. The maximum Gasteiger partial charge on any atom is 0.241 e. The van der Waals surface area contributed by atoms with E-state index in [0.717, 1.165) is 57.7 Å².